The van der Waals surface area contributed by atoms with E-state index in [1.54, 1.807) is 26.5 Å². The molecular formula is C18H16Cl2N2O2. The van der Waals surface area contributed by atoms with E-state index in [9.17, 15) is 0 Å². The highest BCUT2D eigenvalue weighted by Gasteiger charge is 2.15. The molecule has 0 bridgehead atoms. The van der Waals surface area contributed by atoms with Crippen LogP contribution in [0.15, 0.2) is 42.6 Å². The Bertz CT molecular complexity index is 900. The minimum Gasteiger partial charge on any atom is -0.493 e. The number of hydrogen-bond donors (Lipinski definition) is 0. The van der Waals surface area contributed by atoms with E-state index in [1.807, 2.05) is 42.3 Å². The summed E-state index contributed by atoms with van der Waals surface area (Å²) in [7, 11) is 5.16. The lowest BCUT2D eigenvalue weighted by molar-refractivity contribution is 0.356. The van der Waals surface area contributed by atoms with Crippen molar-refractivity contribution in [3.8, 4) is 11.5 Å². The molecule has 0 aliphatic heterocycles. The molecule has 0 N–H and O–H groups in total. The lowest BCUT2D eigenvalue weighted by Gasteiger charge is -2.23. The molecular weight excluding hydrogens is 347 g/mol. The number of hydrogen-bond acceptors (Lipinski definition) is 4. The molecule has 1 aromatic heterocycles. The third kappa shape index (κ3) is 2.95. The van der Waals surface area contributed by atoms with E-state index in [-0.39, 0.29) is 0 Å². The van der Waals surface area contributed by atoms with Crippen molar-refractivity contribution in [2.24, 2.45) is 0 Å². The quantitative estimate of drug-likeness (QED) is 0.628. The van der Waals surface area contributed by atoms with Gasteiger partial charge in [-0.25, -0.2) is 0 Å². The van der Waals surface area contributed by atoms with Gasteiger partial charge in [0, 0.05) is 29.7 Å². The van der Waals surface area contributed by atoms with Gasteiger partial charge in [-0.3, -0.25) is 4.98 Å². The highest BCUT2D eigenvalue weighted by Crippen LogP contribution is 2.39. The van der Waals surface area contributed by atoms with Crippen molar-refractivity contribution in [2.45, 2.75) is 0 Å². The van der Waals surface area contributed by atoms with Crippen molar-refractivity contribution < 1.29 is 9.47 Å². The lowest BCUT2D eigenvalue weighted by Crippen LogP contribution is -2.10. The minimum atomic E-state index is 0.579. The van der Waals surface area contributed by atoms with Crippen molar-refractivity contribution in [1.82, 2.24) is 4.98 Å². The van der Waals surface area contributed by atoms with Gasteiger partial charge in [0.05, 0.1) is 36.1 Å². The van der Waals surface area contributed by atoms with Crippen molar-refractivity contribution in [2.75, 3.05) is 26.2 Å². The summed E-state index contributed by atoms with van der Waals surface area (Å²) in [6.07, 6.45) is 1.75. The molecule has 0 saturated heterocycles. The monoisotopic (exact) mass is 362 g/mol. The number of benzene rings is 2. The van der Waals surface area contributed by atoms with Crippen LogP contribution in [0.1, 0.15) is 0 Å². The van der Waals surface area contributed by atoms with Gasteiger partial charge < -0.3 is 14.4 Å². The molecule has 124 valence electrons. The highest BCUT2D eigenvalue weighted by molar-refractivity contribution is 6.36. The average molecular weight is 363 g/mol. The second-order valence-electron chi connectivity index (χ2n) is 5.21. The molecule has 1 heterocycles. The van der Waals surface area contributed by atoms with Crippen LogP contribution >= 0.6 is 23.2 Å². The second kappa shape index (κ2) is 6.75. The smallest absolute Gasteiger partial charge is 0.162 e. The summed E-state index contributed by atoms with van der Waals surface area (Å²) in [6, 6.07) is 11.1. The molecule has 3 aromatic rings. The molecule has 6 heteroatoms. The summed E-state index contributed by atoms with van der Waals surface area (Å²) >= 11 is 12.3. The van der Waals surface area contributed by atoms with E-state index in [0.717, 1.165) is 22.3 Å². The van der Waals surface area contributed by atoms with Gasteiger partial charge in [0.25, 0.3) is 0 Å². The SMILES string of the molecule is COc1cc2nccc(N(C)c3ccc(Cl)cc3Cl)c2cc1OC. The van der Waals surface area contributed by atoms with Crippen LogP contribution in [0.3, 0.4) is 0 Å². The van der Waals surface area contributed by atoms with Gasteiger partial charge in [-0.15, -0.1) is 0 Å². The molecule has 0 aliphatic rings. The van der Waals surface area contributed by atoms with Crippen LogP contribution in [0.4, 0.5) is 11.4 Å². The number of halogens is 2. The zero-order valence-electron chi connectivity index (χ0n) is 13.5. The fourth-order valence-corrected chi connectivity index (χ4v) is 3.17. The Kier molecular flexibility index (Phi) is 4.69. The number of rotatable bonds is 4. The maximum absolute atomic E-state index is 6.35. The highest BCUT2D eigenvalue weighted by atomic mass is 35.5. The standard InChI is InChI=1S/C18H16Cl2N2O2/c1-22(16-5-4-11(19)8-13(16)20)15-6-7-21-14-10-18(24-3)17(23-2)9-12(14)15/h4-10H,1-3H3. The lowest BCUT2D eigenvalue weighted by atomic mass is 10.1. The van der Waals surface area contributed by atoms with E-state index in [1.165, 1.54) is 0 Å². The molecule has 3 rings (SSSR count). The van der Waals surface area contributed by atoms with Crippen LogP contribution in [-0.2, 0) is 0 Å². The van der Waals surface area contributed by atoms with E-state index in [0.29, 0.717) is 21.5 Å². The van der Waals surface area contributed by atoms with Crippen LogP contribution in [0.25, 0.3) is 10.9 Å². The summed E-state index contributed by atoms with van der Waals surface area (Å²) in [6.45, 7) is 0. The fraction of sp³-hybridized carbons (Fsp3) is 0.167. The average Bonchev–Trinajstić information content (AvgIpc) is 2.59. The maximum Gasteiger partial charge on any atom is 0.162 e. The molecule has 0 saturated carbocycles. The number of anilines is 2. The largest absolute Gasteiger partial charge is 0.493 e. The number of ether oxygens (including phenoxy) is 2. The Morgan fingerprint density at radius 2 is 1.62 bits per heavy atom. The number of aromatic nitrogens is 1. The molecule has 4 nitrogen and oxygen atoms in total. The first-order chi connectivity index (χ1) is 11.5. The topological polar surface area (TPSA) is 34.6 Å². The zero-order valence-corrected chi connectivity index (χ0v) is 15.0. The van der Waals surface area contributed by atoms with E-state index in [2.05, 4.69) is 4.98 Å². The van der Waals surface area contributed by atoms with Crippen LogP contribution in [-0.4, -0.2) is 26.3 Å². The Morgan fingerprint density at radius 1 is 0.917 bits per heavy atom. The Morgan fingerprint density at radius 3 is 2.29 bits per heavy atom. The first kappa shape index (κ1) is 16.7. The van der Waals surface area contributed by atoms with Crippen LogP contribution in [0.5, 0.6) is 11.5 Å². The van der Waals surface area contributed by atoms with Gasteiger partial charge in [-0.05, 0) is 30.3 Å². The van der Waals surface area contributed by atoms with Crippen LogP contribution in [0, 0.1) is 0 Å². The molecule has 0 fully saturated rings. The normalized spacial score (nSPS) is 10.7. The Balaban J connectivity index is 2.18. The third-order valence-corrected chi connectivity index (χ3v) is 4.39. The van der Waals surface area contributed by atoms with E-state index >= 15 is 0 Å². The zero-order chi connectivity index (χ0) is 17.3. The van der Waals surface area contributed by atoms with Gasteiger partial charge in [0.1, 0.15) is 0 Å². The van der Waals surface area contributed by atoms with Gasteiger partial charge in [0.15, 0.2) is 11.5 Å². The summed E-state index contributed by atoms with van der Waals surface area (Å²) in [4.78, 5) is 6.42. The second-order valence-corrected chi connectivity index (χ2v) is 6.05. The van der Waals surface area contributed by atoms with Crippen molar-refractivity contribution in [3.63, 3.8) is 0 Å². The predicted octanol–water partition coefficient (Wildman–Crippen LogP) is 5.33. The summed E-state index contributed by atoms with van der Waals surface area (Å²) in [5, 5.41) is 2.11. The Hall–Kier alpha value is -2.17. The molecule has 0 unspecified atom stereocenters. The molecule has 0 radical (unpaired) electrons. The first-order valence-electron chi connectivity index (χ1n) is 7.24. The van der Waals surface area contributed by atoms with Gasteiger partial charge in [-0.2, -0.15) is 0 Å². The third-order valence-electron chi connectivity index (χ3n) is 3.86. The van der Waals surface area contributed by atoms with Crippen molar-refractivity contribution in [3.05, 3.63) is 52.6 Å². The number of nitrogens with zero attached hydrogens (tertiary/aromatic N) is 2. The van der Waals surface area contributed by atoms with Gasteiger partial charge in [0.2, 0.25) is 0 Å². The van der Waals surface area contributed by atoms with Crippen LogP contribution < -0.4 is 14.4 Å². The first-order valence-corrected chi connectivity index (χ1v) is 8.00. The molecule has 0 aliphatic carbocycles. The predicted molar refractivity (Wildman–Crippen MR) is 99.4 cm³/mol. The summed E-state index contributed by atoms with van der Waals surface area (Å²) in [5.74, 6) is 1.29. The molecule has 0 spiro atoms. The minimum absolute atomic E-state index is 0.579. The molecule has 24 heavy (non-hydrogen) atoms. The molecule has 2 aromatic carbocycles. The van der Waals surface area contributed by atoms with Gasteiger partial charge in [-0.1, -0.05) is 23.2 Å². The maximum atomic E-state index is 6.35. The van der Waals surface area contributed by atoms with Crippen molar-refractivity contribution >= 4 is 45.5 Å². The van der Waals surface area contributed by atoms with E-state index in [4.69, 9.17) is 32.7 Å². The number of fused-ring (bicyclic) bond motifs is 1. The number of methoxy groups -OCH3 is 2. The molecule has 0 amide bonds. The fourth-order valence-electron chi connectivity index (χ4n) is 2.63. The summed E-state index contributed by atoms with van der Waals surface area (Å²) in [5.41, 5.74) is 2.61. The van der Waals surface area contributed by atoms with Crippen molar-refractivity contribution in [1.29, 1.82) is 0 Å². The van der Waals surface area contributed by atoms with E-state index < -0.39 is 0 Å². The van der Waals surface area contributed by atoms with Crippen LogP contribution in [0.2, 0.25) is 10.0 Å². The number of pyridine rings is 1. The summed E-state index contributed by atoms with van der Waals surface area (Å²) < 4.78 is 10.8. The molecule has 0 atom stereocenters. The Labute approximate surface area is 150 Å². The van der Waals surface area contributed by atoms with Gasteiger partial charge >= 0.3 is 0 Å².